The van der Waals surface area contributed by atoms with Gasteiger partial charge in [-0.15, -0.1) is 0 Å². The second kappa shape index (κ2) is 6.62. The van der Waals surface area contributed by atoms with Crippen molar-refractivity contribution in [2.24, 2.45) is 7.05 Å². The maximum Gasteiger partial charge on any atom is 0.177 e. The summed E-state index contributed by atoms with van der Waals surface area (Å²) in [5.74, 6) is 0. The van der Waals surface area contributed by atoms with Crippen LogP contribution in [-0.4, -0.2) is 36.8 Å². The van der Waals surface area contributed by atoms with Crippen molar-refractivity contribution >= 4 is 0 Å². The fourth-order valence-electron chi connectivity index (χ4n) is 1.70. The largest absolute Gasteiger partial charge is 0.354 e. The van der Waals surface area contributed by atoms with E-state index in [0.717, 1.165) is 18.7 Å². The molecule has 1 atom stereocenters. The minimum atomic E-state index is -0.304. The summed E-state index contributed by atoms with van der Waals surface area (Å²) in [6.45, 7) is 3.04. The molecule has 0 spiro atoms. The quantitative estimate of drug-likeness (QED) is 0.708. The number of aryl methyl sites for hydroxylation is 1. The normalized spacial score (nSPS) is 13.3. The van der Waals surface area contributed by atoms with Crippen LogP contribution in [-0.2, 0) is 16.5 Å². The van der Waals surface area contributed by atoms with E-state index in [2.05, 4.69) is 17.3 Å². The monoisotopic (exact) mass is 227 g/mol. The molecule has 0 bridgehead atoms. The second-order valence-corrected chi connectivity index (χ2v) is 3.65. The average molecular weight is 227 g/mol. The van der Waals surface area contributed by atoms with E-state index >= 15 is 0 Å². The summed E-state index contributed by atoms with van der Waals surface area (Å²) >= 11 is 0. The first-order chi connectivity index (χ1) is 7.74. The molecule has 5 nitrogen and oxygen atoms in total. The number of hydrogen-bond donors (Lipinski definition) is 1. The van der Waals surface area contributed by atoms with Crippen molar-refractivity contribution in [1.29, 1.82) is 0 Å². The minimum absolute atomic E-state index is 0.00227. The van der Waals surface area contributed by atoms with Crippen molar-refractivity contribution in [3.63, 3.8) is 0 Å². The van der Waals surface area contributed by atoms with Crippen LogP contribution in [0.5, 0.6) is 0 Å². The van der Waals surface area contributed by atoms with Crippen LogP contribution in [0.15, 0.2) is 12.3 Å². The topological polar surface area (TPSA) is 48.3 Å². The predicted octanol–water partition coefficient (Wildman–Crippen LogP) is 1.08. The SMILES string of the molecule is CCCNC(c1ccnn1C)C(OC)OC. The first kappa shape index (κ1) is 13.2. The van der Waals surface area contributed by atoms with Gasteiger partial charge < -0.3 is 14.8 Å². The van der Waals surface area contributed by atoms with Gasteiger partial charge in [0, 0.05) is 27.5 Å². The zero-order valence-corrected chi connectivity index (χ0v) is 10.4. The maximum absolute atomic E-state index is 5.31. The van der Waals surface area contributed by atoms with Gasteiger partial charge in [0.05, 0.1) is 5.69 Å². The smallest absolute Gasteiger partial charge is 0.177 e. The Balaban J connectivity index is 2.82. The van der Waals surface area contributed by atoms with Crippen molar-refractivity contribution in [1.82, 2.24) is 15.1 Å². The number of nitrogens with one attached hydrogen (secondary N) is 1. The molecule has 0 radical (unpaired) electrons. The van der Waals surface area contributed by atoms with E-state index in [9.17, 15) is 0 Å². The van der Waals surface area contributed by atoms with Crippen molar-refractivity contribution in [2.45, 2.75) is 25.7 Å². The molecule has 0 saturated heterocycles. The Hall–Kier alpha value is -0.910. The lowest BCUT2D eigenvalue weighted by atomic mass is 10.2. The van der Waals surface area contributed by atoms with Gasteiger partial charge in [0.15, 0.2) is 6.29 Å². The molecule has 1 N–H and O–H groups in total. The van der Waals surface area contributed by atoms with Crippen molar-refractivity contribution < 1.29 is 9.47 Å². The predicted molar refractivity (Wildman–Crippen MR) is 62.0 cm³/mol. The van der Waals surface area contributed by atoms with Crippen LogP contribution in [0.3, 0.4) is 0 Å². The van der Waals surface area contributed by atoms with Crippen LogP contribution in [0.2, 0.25) is 0 Å². The fraction of sp³-hybridized carbons (Fsp3) is 0.727. The molecule has 0 aliphatic carbocycles. The van der Waals surface area contributed by atoms with Gasteiger partial charge in [0.2, 0.25) is 0 Å². The number of hydrogen-bond acceptors (Lipinski definition) is 4. The maximum atomic E-state index is 5.31. The van der Waals surface area contributed by atoms with Crippen LogP contribution in [0, 0.1) is 0 Å². The molecule has 16 heavy (non-hydrogen) atoms. The summed E-state index contributed by atoms with van der Waals surface area (Å²) in [7, 11) is 5.20. The minimum Gasteiger partial charge on any atom is -0.354 e. The standard InChI is InChI=1S/C11H21N3O2/c1-5-7-12-10(11(15-3)16-4)9-6-8-13-14(9)2/h6,8,10-12H,5,7H2,1-4H3. The van der Waals surface area contributed by atoms with Gasteiger partial charge in [0.25, 0.3) is 0 Å². The molecule has 1 aromatic rings. The molecule has 0 amide bonds. The average Bonchev–Trinajstić information content (AvgIpc) is 2.71. The molecule has 0 fully saturated rings. The van der Waals surface area contributed by atoms with Gasteiger partial charge in [-0.2, -0.15) is 5.10 Å². The molecule has 1 rings (SSSR count). The van der Waals surface area contributed by atoms with Crippen LogP contribution in [0.4, 0.5) is 0 Å². The van der Waals surface area contributed by atoms with E-state index in [0.29, 0.717) is 0 Å². The van der Waals surface area contributed by atoms with Gasteiger partial charge in [0.1, 0.15) is 6.04 Å². The Morgan fingerprint density at radius 1 is 1.44 bits per heavy atom. The Labute approximate surface area is 96.7 Å². The zero-order chi connectivity index (χ0) is 12.0. The van der Waals surface area contributed by atoms with Gasteiger partial charge in [-0.05, 0) is 19.0 Å². The van der Waals surface area contributed by atoms with E-state index in [1.807, 2.05) is 17.8 Å². The van der Waals surface area contributed by atoms with E-state index in [1.54, 1.807) is 20.4 Å². The Morgan fingerprint density at radius 3 is 2.56 bits per heavy atom. The first-order valence-corrected chi connectivity index (χ1v) is 5.51. The van der Waals surface area contributed by atoms with E-state index in [-0.39, 0.29) is 12.3 Å². The Morgan fingerprint density at radius 2 is 2.12 bits per heavy atom. The highest BCUT2D eigenvalue weighted by Gasteiger charge is 2.24. The summed E-state index contributed by atoms with van der Waals surface area (Å²) in [6, 6.07) is 1.97. The molecule has 1 heterocycles. The molecular weight excluding hydrogens is 206 g/mol. The van der Waals surface area contributed by atoms with Crippen molar-refractivity contribution in [3.05, 3.63) is 18.0 Å². The molecule has 0 saturated carbocycles. The van der Waals surface area contributed by atoms with Crippen LogP contribution < -0.4 is 5.32 Å². The molecule has 5 heteroatoms. The van der Waals surface area contributed by atoms with Gasteiger partial charge in [-0.3, -0.25) is 4.68 Å². The van der Waals surface area contributed by atoms with Crippen LogP contribution in [0.1, 0.15) is 25.1 Å². The fourth-order valence-corrected chi connectivity index (χ4v) is 1.70. The van der Waals surface area contributed by atoms with Gasteiger partial charge in [-0.25, -0.2) is 0 Å². The third-order valence-corrected chi connectivity index (χ3v) is 2.53. The highest BCUT2D eigenvalue weighted by molar-refractivity contribution is 5.07. The summed E-state index contributed by atoms with van der Waals surface area (Å²) < 4.78 is 12.5. The molecule has 1 aromatic heterocycles. The summed E-state index contributed by atoms with van der Waals surface area (Å²) in [5.41, 5.74) is 1.06. The highest BCUT2D eigenvalue weighted by Crippen LogP contribution is 2.18. The van der Waals surface area contributed by atoms with E-state index in [1.165, 1.54) is 0 Å². The molecular formula is C11H21N3O2. The molecule has 0 aromatic carbocycles. The summed E-state index contributed by atoms with van der Waals surface area (Å²) in [4.78, 5) is 0. The number of rotatable bonds is 7. The summed E-state index contributed by atoms with van der Waals surface area (Å²) in [6.07, 6.45) is 2.54. The number of aromatic nitrogens is 2. The number of nitrogens with zero attached hydrogens (tertiary/aromatic N) is 2. The lowest BCUT2D eigenvalue weighted by Crippen LogP contribution is -2.36. The first-order valence-electron chi connectivity index (χ1n) is 5.51. The highest BCUT2D eigenvalue weighted by atomic mass is 16.7. The molecule has 0 aliphatic rings. The van der Waals surface area contributed by atoms with Gasteiger partial charge in [-0.1, -0.05) is 6.92 Å². The van der Waals surface area contributed by atoms with Crippen molar-refractivity contribution in [2.75, 3.05) is 20.8 Å². The molecule has 92 valence electrons. The zero-order valence-electron chi connectivity index (χ0n) is 10.4. The third-order valence-electron chi connectivity index (χ3n) is 2.53. The van der Waals surface area contributed by atoms with E-state index < -0.39 is 0 Å². The lowest BCUT2D eigenvalue weighted by Gasteiger charge is -2.25. The second-order valence-electron chi connectivity index (χ2n) is 3.65. The number of methoxy groups -OCH3 is 2. The Bertz CT molecular complexity index is 297. The lowest BCUT2D eigenvalue weighted by molar-refractivity contribution is -0.125. The van der Waals surface area contributed by atoms with E-state index in [4.69, 9.17) is 9.47 Å². The Kier molecular flexibility index (Phi) is 5.45. The third kappa shape index (κ3) is 3.04. The molecule has 1 unspecified atom stereocenters. The van der Waals surface area contributed by atoms with Crippen LogP contribution in [0.25, 0.3) is 0 Å². The van der Waals surface area contributed by atoms with Gasteiger partial charge >= 0.3 is 0 Å². The summed E-state index contributed by atoms with van der Waals surface area (Å²) in [5, 5.41) is 7.57. The van der Waals surface area contributed by atoms with Crippen molar-refractivity contribution in [3.8, 4) is 0 Å². The molecule has 0 aliphatic heterocycles. The van der Waals surface area contributed by atoms with Crippen LogP contribution >= 0.6 is 0 Å². The number of ether oxygens (including phenoxy) is 2.